The van der Waals surface area contributed by atoms with Crippen LogP contribution in [-0.2, 0) is 22.6 Å². The second-order valence-electron chi connectivity index (χ2n) is 5.17. The van der Waals surface area contributed by atoms with Crippen molar-refractivity contribution in [2.24, 2.45) is 0 Å². The molecule has 1 aromatic carbocycles. The Morgan fingerprint density at radius 2 is 2.00 bits per heavy atom. The molecular weight excluding hydrogens is 378 g/mol. The number of aryl methyl sites for hydroxylation is 1. The van der Waals surface area contributed by atoms with Gasteiger partial charge in [0.05, 0.1) is 6.42 Å². The number of benzene rings is 1. The SMILES string of the molecule is O=C(O)CCN(Cc1cccc(Br)c1)C(=O)CCc1cccs1. The summed E-state index contributed by atoms with van der Waals surface area (Å²) < 4.78 is 0.944. The van der Waals surface area contributed by atoms with Crippen molar-refractivity contribution in [3.05, 3.63) is 56.7 Å². The van der Waals surface area contributed by atoms with Crippen LogP contribution >= 0.6 is 27.3 Å². The third-order valence-corrected chi connectivity index (χ3v) is 4.81. The number of thiophene rings is 1. The van der Waals surface area contributed by atoms with Crippen molar-refractivity contribution in [2.75, 3.05) is 6.54 Å². The van der Waals surface area contributed by atoms with Crippen molar-refractivity contribution >= 4 is 39.1 Å². The third kappa shape index (κ3) is 6.15. The number of hydrogen-bond acceptors (Lipinski definition) is 3. The van der Waals surface area contributed by atoms with Gasteiger partial charge in [-0.2, -0.15) is 0 Å². The first-order valence-electron chi connectivity index (χ1n) is 7.31. The number of hydrogen-bond donors (Lipinski definition) is 1. The summed E-state index contributed by atoms with van der Waals surface area (Å²) in [6.07, 6.45) is 1.05. The third-order valence-electron chi connectivity index (χ3n) is 3.38. The van der Waals surface area contributed by atoms with E-state index in [2.05, 4.69) is 15.9 Å². The summed E-state index contributed by atoms with van der Waals surface area (Å²) in [6.45, 7) is 0.654. The molecule has 122 valence electrons. The van der Waals surface area contributed by atoms with E-state index < -0.39 is 5.97 Å². The van der Waals surface area contributed by atoms with E-state index in [0.29, 0.717) is 19.4 Å². The first kappa shape index (κ1) is 17.7. The molecule has 2 aromatic rings. The van der Waals surface area contributed by atoms with Crippen molar-refractivity contribution in [2.45, 2.75) is 25.8 Å². The molecule has 0 saturated carbocycles. The Balaban J connectivity index is 2.00. The Bertz CT molecular complexity index is 658. The van der Waals surface area contributed by atoms with Crippen LogP contribution in [0, 0.1) is 0 Å². The minimum Gasteiger partial charge on any atom is -0.481 e. The lowest BCUT2D eigenvalue weighted by atomic mass is 10.2. The van der Waals surface area contributed by atoms with Crippen LogP contribution in [0.25, 0.3) is 0 Å². The number of carbonyl (C=O) groups excluding carboxylic acids is 1. The maximum Gasteiger partial charge on any atom is 0.305 e. The van der Waals surface area contributed by atoms with Gasteiger partial charge in [-0.05, 0) is 35.6 Å². The summed E-state index contributed by atoms with van der Waals surface area (Å²) in [5.41, 5.74) is 0.981. The summed E-state index contributed by atoms with van der Waals surface area (Å²) in [7, 11) is 0. The highest BCUT2D eigenvalue weighted by molar-refractivity contribution is 9.10. The number of carboxylic acid groups (broad SMARTS) is 1. The van der Waals surface area contributed by atoms with Crippen LogP contribution in [0.5, 0.6) is 0 Å². The molecule has 1 amide bonds. The number of amides is 1. The van der Waals surface area contributed by atoms with Gasteiger partial charge in [-0.1, -0.05) is 34.1 Å². The molecule has 0 atom stereocenters. The summed E-state index contributed by atoms with van der Waals surface area (Å²) in [6, 6.07) is 11.7. The molecule has 0 unspecified atom stereocenters. The van der Waals surface area contributed by atoms with E-state index >= 15 is 0 Å². The second-order valence-corrected chi connectivity index (χ2v) is 7.12. The van der Waals surface area contributed by atoms with Crippen LogP contribution in [0.4, 0.5) is 0 Å². The fourth-order valence-corrected chi connectivity index (χ4v) is 3.38. The summed E-state index contributed by atoms with van der Waals surface area (Å²) in [5, 5.41) is 10.9. The molecule has 2 rings (SSSR count). The van der Waals surface area contributed by atoms with Gasteiger partial charge in [-0.25, -0.2) is 0 Å². The van der Waals surface area contributed by atoms with Crippen LogP contribution in [0.1, 0.15) is 23.3 Å². The zero-order chi connectivity index (χ0) is 16.7. The zero-order valence-electron chi connectivity index (χ0n) is 12.6. The first-order chi connectivity index (χ1) is 11.0. The van der Waals surface area contributed by atoms with Gasteiger partial charge < -0.3 is 10.0 Å². The van der Waals surface area contributed by atoms with E-state index in [9.17, 15) is 9.59 Å². The fraction of sp³-hybridized carbons (Fsp3) is 0.294. The number of aliphatic carboxylic acids is 1. The van der Waals surface area contributed by atoms with E-state index in [4.69, 9.17) is 5.11 Å². The van der Waals surface area contributed by atoms with Crippen LogP contribution in [-0.4, -0.2) is 28.4 Å². The van der Waals surface area contributed by atoms with Crippen LogP contribution in [0.15, 0.2) is 46.3 Å². The van der Waals surface area contributed by atoms with Crippen molar-refractivity contribution in [3.8, 4) is 0 Å². The molecular formula is C17H18BrNO3S. The highest BCUT2D eigenvalue weighted by Gasteiger charge is 2.15. The minimum absolute atomic E-state index is 0.0142. The lowest BCUT2D eigenvalue weighted by Crippen LogP contribution is -2.32. The predicted octanol–water partition coefficient (Wildman–Crippen LogP) is 3.95. The van der Waals surface area contributed by atoms with E-state index in [1.54, 1.807) is 16.2 Å². The van der Waals surface area contributed by atoms with Crippen LogP contribution in [0.3, 0.4) is 0 Å². The zero-order valence-corrected chi connectivity index (χ0v) is 15.0. The van der Waals surface area contributed by atoms with Gasteiger partial charge in [-0.15, -0.1) is 11.3 Å². The molecule has 1 N–H and O–H groups in total. The van der Waals surface area contributed by atoms with Gasteiger partial charge >= 0.3 is 5.97 Å². The first-order valence-corrected chi connectivity index (χ1v) is 8.98. The lowest BCUT2D eigenvalue weighted by molar-refractivity contribution is -0.138. The molecule has 0 spiro atoms. The van der Waals surface area contributed by atoms with E-state index in [0.717, 1.165) is 10.0 Å². The highest BCUT2D eigenvalue weighted by atomic mass is 79.9. The lowest BCUT2D eigenvalue weighted by Gasteiger charge is -2.22. The van der Waals surface area contributed by atoms with Gasteiger partial charge in [-0.3, -0.25) is 9.59 Å². The maximum absolute atomic E-state index is 12.5. The Morgan fingerprint density at radius 1 is 1.17 bits per heavy atom. The molecule has 0 aliphatic heterocycles. The largest absolute Gasteiger partial charge is 0.481 e. The molecule has 0 aliphatic rings. The van der Waals surface area contributed by atoms with E-state index in [-0.39, 0.29) is 18.9 Å². The average molecular weight is 396 g/mol. The molecule has 0 bridgehead atoms. The standard InChI is InChI=1S/C17H18BrNO3S/c18-14-4-1-3-13(11-14)12-19(9-8-17(21)22)16(20)7-6-15-5-2-10-23-15/h1-5,10-11H,6-9,12H2,(H,21,22). The van der Waals surface area contributed by atoms with Crippen molar-refractivity contribution < 1.29 is 14.7 Å². The predicted molar refractivity (Wildman–Crippen MR) is 94.5 cm³/mol. The number of carboxylic acids is 1. The summed E-state index contributed by atoms with van der Waals surface area (Å²) in [5.74, 6) is -0.907. The minimum atomic E-state index is -0.893. The van der Waals surface area contributed by atoms with Gasteiger partial charge in [0, 0.05) is 28.9 Å². The molecule has 0 saturated heterocycles. The van der Waals surface area contributed by atoms with Gasteiger partial charge in [0.15, 0.2) is 0 Å². The Labute approximate surface area is 147 Å². The van der Waals surface area contributed by atoms with Gasteiger partial charge in [0.2, 0.25) is 5.91 Å². The highest BCUT2D eigenvalue weighted by Crippen LogP contribution is 2.16. The Hall–Kier alpha value is -1.66. The molecule has 4 nitrogen and oxygen atoms in total. The molecule has 1 heterocycles. The van der Waals surface area contributed by atoms with Crippen molar-refractivity contribution in [1.82, 2.24) is 4.90 Å². The fourth-order valence-electron chi connectivity index (χ4n) is 2.22. The molecule has 23 heavy (non-hydrogen) atoms. The van der Waals surface area contributed by atoms with Gasteiger partial charge in [0.25, 0.3) is 0 Å². The Morgan fingerprint density at radius 3 is 2.65 bits per heavy atom. The van der Waals surface area contributed by atoms with Crippen LogP contribution < -0.4 is 0 Å². The normalized spacial score (nSPS) is 10.5. The van der Waals surface area contributed by atoms with Crippen molar-refractivity contribution in [1.29, 1.82) is 0 Å². The molecule has 1 aromatic heterocycles. The van der Waals surface area contributed by atoms with Gasteiger partial charge in [0.1, 0.15) is 0 Å². The van der Waals surface area contributed by atoms with Crippen molar-refractivity contribution in [3.63, 3.8) is 0 Å². The second kappa shape index (κ2) is 8.84. The maximum atomic E-state index is 12.5. The number of carbonyl (C=O) groups is 2. The quantitative estimate of drug-likeness (QED) is 0.735. The smallest absolute Gasteiger partial charge is 0.305 e. The summed E-state index contributed by atoms with van der Waals surface area (Å²) >= 11 is 5.04. The molecule has 0 aliphatic carbocycles. The number of nitrogens with zero attached hydrogens (tertiary/aromatic N) is 1. The monoisotopic (exact) mass is 395 g/mol. The van der Waals surface area contributed by atoms with Crippen LogP contribution in [0.2, 0.25) is 0 Å². The average Bonchev–Trinajstić information content (AvgIpc) is 3.02. The molecule has 6 heteroatoms. The summed E-state index contributed by atoms with van der Waals surface area (Å²) in [4.78, 5) is 26.1. The molecule has 0 radical (unpaired) electrons. The molecule has 0 fully saturated rings. The Kier molecular flexibility index (Phi) is 6.80. The van der Waals surface area contributed by atoms with E-state index in [1.165, 1.54) is 4.88 Å². The topological polar surface area (TPSA) is 57.6 Å². The number of rotatable bonds is 8. The number of halogens is 1. The van der Waals surface area contributed by atoms with E-state index in [1.807, 2.05) is 41.8 Å².